The van der Waals surface area contributed by atoms with Crippen molar-refractivity contribution in [3.63, 3.8) is 0 Å². The molecule has 0 aliphatic carbocycles. The molecule has 1 heterocycles. The largest absolute Gasteiger partial charge is 0.459 e. The minimum absolute atomic E-state index is 0.0188. The highest BCUT2D eigenvalue weighted by atomic mass is 16.5. The first-order chi connectivity index (χ1) is 11.7. The van der Waals surface area contributed by atoms with Gasteiger partial charge in [0.05, 0.1) is 5.56 Å². The van der Waals surface area contributed by atoms with Crippen molar-refractivity contribution in [3.8, 4) is 0 Å². The molecule has 1 aromatic carbocycles. The molecule has 3 heteroatoms. The maximum Gasteiger partial charge on any atom is 0.338 e. The number of ether oxygens (including phenoxy) is 1. The summed E-state index contributed by atoms with van der Waals surface area (Å²) < 4.78 is 5.82. The third-order valence-electron chi connectivity index (χ3n) is 4.94. The van der Waals surface area contributed by atoms with Gasteiger partial charge in [0.25, 0.3) is 0 Å². The quantitative estimate of drug-likeness (QED) is 0.540. The van der Waals surface area contributed by atoms with Crippen LogP contribution in [-0.4, -0.2) is 23.2 Å². The standard InChI is InChI=1S/C22H35NO2/c1-6-7-8-9-10-17-11-13-18(14-12-17)20(24)25-19-15-21(2,3)23-22(4,5)16-19/h11-14,19,23H,6-10,15-16H2,1-5H3. The Balaban J connectivity index is 1.90. The number of esters is 1. The van der Waals surface area contributed by atoms with Crippen LogP contribution in [0.1, 0.15) is 89.1 Å². The summed E-state index contributed by atoms with van der Waals surface area (Å²) in [4.78, 5) is 12.5. The molecular formula is C22H35NO2. The minimum atomic E-state index is -0.198. The van der Waals surface area contributed by atoms with E-state index in [9.17, 15) is 4.79 Å². The maximum atomic E-state index is 12.5. The Bertz CT molecular complexity index is 544. The molecule has 1 aromatic rings. The summed E-state index contributed by atoms with van der Waals surface area (Å²) in [5.74, 6) is -0.198. The van der Waals surface area contributed by atoms with E-state index in [-0.39, 0.29) is 23.2 Å². The molecule has 0 bridgehead atoms. The van der Waals surface area contributed by atoms with E-state index in [1.807, 2.05) is 12.1 Å². The molecule has 1 N–H and O–H groups in total. The van der Waals surface area contributed by atoms with Gasteiger partial charge in [0.1, 0.15) is 6.10 Å². The van der Waals surface area contributed by atoms with Gasteiger partial charge in [0.15, 0.2) is 0 Å². The Morgan fingerprint density at radius 3 is 2.20 bits per heavy atom. The first kappa shape index (κ1) is 20.0. The summed E-state index contributed by atoms with van der Waals surface area (Å²) in [5, 5.41) is 3.62. The smallest absolute Gasteiger partial charge is 0.338 e. The van der Waals surface area contributed by atoms with Crippen molar-refractivity contribution in [2.75, 3.05) is 0 Å². The lowest BCUT2D eigenvalue weighted by Crippen LogP contribution is -2.59. The van der Waals surface area contributed by atoms with E-state index in [4.69, 9.17) is 4.74 Å². The molecule has 0 amide bonds. The monoisotopic (exact) mass is 345 g/mol. The maximum absolute atomic E-state index is 12.5. The molecular weight excluding hydrogens is 310 g/mol. The Morgan fingerprint density at radius 2 is 1.64 bits per heavy atom. The number of hydrogen-bond acceptors (Lipinski definition) is 3. The van der Waals surface area contributed by atoms with E-state index >= 15 is 0 Å². The number of piperidine rings is 1. The molecule has 1 fully saturated rings. The van der Waals surface area contributed by atoms with Crippen molar-refractivity contribution in [2.45, 2.75) is 96.7 Å². The number of aryl methyl sites for hydroxylation is 1. The lowest BCUT2D eigenvalue weighted by Gasteiger charge is -2.45. The van der Waals surface area contributed by atoms with Gasteiger partial charge in [0, 0.05) is 23.9 Å². The molecule has 1 aliphatic rings. The zero-order valence-electron chi connectivity index (χ0n) is 16.7. The van der Waals surface area contributed by atoms with E-state index in [0.717, 1.165) is 19.3 Å². The highest BCUT2D eigenvalue weighted by molar-refractivity contribution is 5.89. The van der Waals surface area contributed by atoms with E-state index in [0.29, 0.717) is 5.56 Å². The molecule has 1 saturated heterocycles. The fraction of sp³-hybridized carbons (Fsp3) is 0.682. The Hall–Kier alpha value is -1.35. The summed E-state index contributed by atoms with van der Waals surface area (Å²) in [6.45, 7) is 10.9. The van der Waals surface area contributed by atoms with Crippen LogP contribution >= 0.6 is 0 Å². The normalized spacial score (nSPS) is 19.6. The van der Waals surface area contributed by atoms with Crippen LogP contribution in [0.5, 0.6) is 0 Å². The number of unbranched alkanes of at least 4 members (excludes halogenated alkanes) is 3. The van der Waals surface area contributed by atoms with Gasteiger partial charge in [-0.3, -0.25) is 0 Å². The fourth-order valence-corrected chi connectivity index (χ4v) is 4.09. The summed E-state index contributed by atoms with van der Waals surface area (Å²) in [6.07, 6.45) is 7.80. The highest BCUT2D eigenvalue weighted by Gasteiger charge is 2.39. The lowest BCUT2D eigenvalue weighted by molar-refractivity contribution is -0.00637. The third kappa shape index (κ3) is 6.47. The molecule has 0 atom stereocenters. The van der Waals surface area contributed by atoms with Crippen LogP contribution in [0.25, 0.3) is 0 Å². The third-order valence-corrected chi connectivity index (χ3v) is 4.94. The first-order valence-corrected chi connectivity index (χ1v) is 9.80. The van der Waals surface area contributed by atoms with E-state index in [1.165, 1.54) is 31.2 Å². The van der Waals surface area contributed by atoms with Gasteiger partial charge in [-0.05, 0) is 58.2 Å². The molecule has 0 aromatic heterocycles. The molecule has 0 unspecified atom stereocenters. The Morgan fingerprint density at radius 1 is 1.04 bits per heavy atom. The van der Waals surface area contributed by atoms with Gasteiger partial charge in [0.2, 0.25) is 0 Å². The number of nitrogens with one attached hydrogen (secondary N) is 1. The molecule has 0 radical (unpaired) electrons. The van der Waals surface area contributed by atoms with E-state index in [1.54, 1.807) is 0 Å². The van der Waals surface area contributed by atoms with Gasteiger partial charge in [-0.2, -0.15) is 0 Å². The lowest BCUT2D eigenvalue weighted by atomic mass is 9.81. The zero-order valence-corrected chi connectivity index (χ0v) is 16.7. The second kappa shape index (κ2) is 8.35. The van der Waals surface area contributed by atoms with Crippen molar-refractivity contribution >= 4 is 5.97 Å². The van der Waals surface area contributed by atoms with Crippen LogP contribution in [0.2, 0.25) is 0 Å². The van der Waals surface area contributed by atoms with Gasteiger partial charge < -0.3 is 10.1 Å². The average molecular weight is 346 g/mol. The number of benzene rings is 1. The Labute approximate surface area is 153 Å². The van der Waals surface area contributed by atoms with Gasteiger partial charge in [-0.15, -0.1) is 0 Å². The second-order valence-electron chi connectivity index (χ2n) is 8.84. The first-order valence-electron chi connectivity index (χ1n) is 9.80. The SMILES string of the molecule is CCCCCCc1ccc(C(=O)OC2CC(C)(C)NC(C)(C)C2)cc1. The number of rotatable bonds is 7. The summed E-state index contributed by atoms with van der Waals surface area (Å²) in [7, 11) is 0. The van der Waals surface area contributed by atoms with Gasteiger partial charge >= 0.3 is 5.97 Å². The topological polar surface area (TPSA) is 38.3 Å². The van der Waals surface area contributed by atoms with E-state index < -0.39 is 0 Å². The number of carbonyl (C=O) groups excluding carboxylic acids is 1. The van der Waals surface area contributed by atoms with Crippen molar-refractivity contribution in [1.29, 1.82) is 0 Å². The van der Waals surface area contributed by atoms with Gasteiger partial charge in [-0.25, -0.2) is 4.79 Å². The molecule has 2 rings (SSSR count). The molecule has 1 aliphatic heterocycles. The van der Waals surface area contributed by atoms with Crippen LogP contribution in [0.4, 0.5) is 0 Å². The summed E-state index contributed by atoms with van der Waals surface area (Å²) in [6, 6.07) is 7.96. The van der Waals surface area contributed by atoms with Crippen LogP contribution in [-0.2, 0) is 11.2 Å². The van der Waals surface area contributed by atoms with Crippen LogP contribution < -0.4 is 5.32 Å². The van der Waals surface area contributed by atoms with Crippen molar-refractivity contribution in [1.82, 2.24) is 5.32 Å². The Kier molecular flexibility index (Phi) is 6.67. The van der Waals surface area contributed by atoms with Crippen molar-refractivity contribution in [3.05, 3.63) is 35.4 Å². The minimum Gasteiger partial charge on any atom is -0.459 e. The average Bonchev–Trinajstić information content (AvgIpc) is 2.49. The molecule has 3 nitrogen and oxygen atoms in total. The predicted molar refractivity (Wildman–Crippen MR) is 104 cm³/mol. The molecule has 0 spiro atoms. The van der Waals surface area contributed by atoms with Crippen molar-refractivity contribution in [2.24, 2.45) is 0 Å². The predicted octanol–water partition coefficient (Wildman–Crippen LogP) is 5.28. The number of carbonyl (C=O) groups is 1. The molecule has 0 saturated carbocycles. The summed E-state index contributed by atoms with van der Waals surface area (Å²) in [5.41, 5.74) is 1.92. The van der Waals surface area contributed by atoms with E-state index in [2.05, 4.69) is 52.1 Å². The van der Waals surface area contributed by atoms with Crippen LogP contribution in [0.3, 0.4) is 0 Å². The van der Waals surface area contributed by atoms with Gasteiger partial charge in [-0.1, -0.05) is 38.3 Å². The second-order valence-corrected chi connectivity index (χ2v) is 8.84. The highest BCUT2D eigenvalue weighted by Crippen LogP contribution is 2.30. The summed E-state index contributed by atoms with van der Waals surface area (Å²) >= 11 is 0. The number of hydrogen-bond donors (Lipinski definition) is 1. The molecule has 140 valence electrons. The van der Waals surface area contributed by atoms with Crippen LogP contribution in [0.15, 0.2) is 24.3 Å². The fourth-order valence-electron chi connectivity index (χ4n) is 4.09. The molecule has 25 heavy (non-hydrogen) atoms. The van der Waals surface area contributed by atoms with Crippen molar-refractivity contribution < 1.29 is 9.53 Å². The van der Waals surface area contributed by atoms with Crippen LogP contribution in [0, 0.1) is 0 Å². The zero-order chi connectivity index (χ0) is 18.5.